The maximum Gasteiger partial charge on any atom is 0.276 e. The van der Waals surface area contributed by atoms with Crippen LogP contribution < -0.4 is 25.6 Å². The van der Waals surface area contributed by atoms with Gasteiger partial charge in [-0.3, -0.25) is 20.4 Å². The van der Waals surface area contributed by atoms with Crippen molar-refractivity contribution in [2.24, 2.45) is 0 Å². The topological polar surface area (TPSA) is 88.7 Å². The first-order valence-electron chi connectivity index (χ1n) is 7.97. The lowest BCUT2D eigenvalue weighted by Crippen LogP contribution is -2.49. The lowest BCUT2D eigenvalue weighted by atomic mass is 10.1. The molecule has 7 nitrogen and oxygen atoms in total. The van der Waals surface area contributed by atoms with Crippen molar-refractivity contribution in [3.8, 4) is 11.5 Å². The van der Waals surface area contributed by atoms with Crippen molar-refractivity contribution in [3.63, 3.8) is 0 Å². The van der Waals surface area contributed by atoms with Crippen LogP contribution in [0.2, 0.25) is 5.02 Å². The van der Waals surface area contributed by atoms with Gasteiger partial charge in [-0.05, 0) is 48.1 Å². The standard InChI is InChI=1S/C18H17BrClN3O4S/c1-26-13-5-2-11(3-6-13)8-16(24)21-18(28)23-22-17(25)10-27-15-7-4-12(19)9-14(15)20/h2-7,9H,8,10H2,1H3,(H,22,25)(H2,21,23,24,28). The predicted molar refractivity (Wildman–Crippen MR) is 113 cm³/mol. The van der Waals surface area contributed by atoms with Crippen LogP contribution in [0.4, 0.5) is 0 Å². The largest absolute Gasteiger partial charge is 0.497 e. The number of thiocarbonyl (C=S) groups is 1. The molecule has 0 fully saturated rings. The molecule has 10 heteroatoms. The Balaban J connectivity index is 1.70. The summed E-state index contributed by atoms with van der Waals surface area (Å²) in [5, 5.41) is 2.81. The molecule has 0 unspecified atom stereocenters. The highest BCUT2D eigenvalue weighted by Crippen LogP contribution is 2.27. The molecule has 0 bridgehead atoms. The Hall–Kier alpha value is -2.36. The Morgan fingerprint density at radius 3 is 2.46 bits per heavy atom. The second-order valence-electron chi connectivity index (χ2n) is 5.44. The highest BCUT2D eigenvalue weighted by molar-refractivity contribution is 9.10. The number of hydrogen-bond acceptors (Lipinski definition) is 5. The molecule has 2 aromatic carbocycles. The van der Waals surface area contributed by atoms with E-state index in [4.69, 9.17) is 33.3 Å². The van der Waals surface area contributed by atoms with Crippen LogP contribution in [0.15, 0.2) is 46.9 Å². The van der Waals surface area contributed by atoms with E-state index in [0.717, 1.165) is 10.0 Å². The van der Waals surface area contributed by atoms with Gasteiger partial charge in [-0.2, -0.15) is 0 Å². The van der Waals surface area contributed by atoms with Crippen molar-refractivity contribution in [3.05, 3.63) is 57.5 Å². The van der Waals surface area contributed by atoms with Crippen LogP contribution in [0.5, 0.6) is 11.5 Å². The summed E-state index contributed by atoms with van der Waals surface area (Å²) in [7, 11) is 1.57. The fraction of sp³-hybridized carbons (Fsp3) is 0.167. The van der Waals surface area contributed by atoms with Crippen molar-refractivity contribution >= 4 is 56.7 Å². The zero-order valence-electron chi connectivity index (χ0n) is 14.8. The van der Waals surface area contributed by atoms with Gasteiger partial charge in [0.25, 0.3) is 5.91 Å². The second-order valence-corrected chi connectivity index (χ2v) is 7.17. The number of ether oxygens (including phenoxy) is 2. The number of carbonyl (C=O) groups is 2. The number of nitrogens with one attached hydrogen (secondary N) is 3. The first kappa shape index (κ1) is 21.9. The molecule has 2 amide bonds. The molecule has 2 rings (SSSR count). The average Bonchev–Trinajstić information content (AvgIpc) is 2.66. The van der Waals surface area contributed by atoms with Gasteiger partial charge in [-0.25, -0.2) is 0 Å². The van der Waals surface area contributed by atoms with Gasteiger partial charge in [-0.1, -0.05) is 39.7 Å². The Bertz CT molecular complexity index is 864. The maximum atomic E-state index is 12.0. The molecule has 0 aromatic heterocycles. The van der Waals surface area contributed by atoms with Gasteiger partial charge < -0.3 is 14.8 Å². The van der Waals surface area contributed by atoms with Gasteiger partial charge in [0.2, 0.25) is 5.91 Å². The number of rotatable bonds is 6. The fourth-order valence-electron chi connectivity index (χ4n) is 2.03. The lowest BCUT2D eigenvalue weighted by molar-refractivity contribution is -0.124. The molecule has 0 saturated carbocycles. The second kappa shape index (κ2) is 10.8. The molecular formula is C18H17BrClN3O4S. The number of amides is 2. The molecule has 0 spiro atoms. The van der Waals surface area contributed by atoms with Crippen molar-refractivity contribution in [2.75, 3.05) is 13.7 Å². The zero-order chi connectivity index (χ0) is 20.5. The number of hydrazine groups is 1. The molecular weight excluding hydrogens is 470 g/mol. The van der Waals surface area contributed by atoms with E-state index in [-0.39, 0.29) is 24.0 Å². The number of hydrogen-bond donors (Lipinski definition) is 3. The third-order valence-corrected chi connectivity index (χ3v) is 4.34. The van der Waals surface area contributed by atoms with E-state index < -0.39 is 5.91 Å². The summed E-state index contributed by atoms with van der Waals surface area (Å²) in [6, 6.07) is 12.1. The molecule has 0 radical (unpaired) electrons. The first-order valence-corrected chi connectivity index (χ1v) is 9.54. The molecule has 3 N–H and O–H groups in total. The Kier molecular flexibility index (Phi) is 8.49. The van der Waals surface area contributed by atoms with Crippen molar-refractivity contribution in [1.29, 1.82) is 0 Å². The summed E-state index contributed by atoms with van der Waals surface area (Å²) in [5.41, 5.74) is 5.56. The summed E-state index contributed by atoms with van der Waals surface area (Å²) in [5.74, 6) is 0.256. The van der Waals surface area contributed by atoms with Crippen molar-refractivity contribution < 1.29 is 19.1 Å². The van der Waals surface area contributed by atoms with Crippen LogP contribution in [0.3, 0.4) is 0 Å². The lowest BCUT2D eigenvalue weighted by Gasteiger charge is -2.12. The van der Waals surface area contributed by atoms with Crippen LogP contribution in [0.1, 0.15) is 5.56 Å². The Morgan fingerprint density at radius 1 is 1.11 bits per heavy atom. The van der Waals surface area contributed by atoms with Gasteiger partial charge in [0, 0.05) is 4.47 Å². The molecule has 0 aliphatic rings. The van der Waals surface area contributed by atoms with E-state index in [1.54, 1.807) is 49.6 Å². The molecule has 0 atom stereocenters. The molecule has 28 heavy (non-hydrogen) atoms. The van der Waals surface area contributed by atoms with Gasteiger partial charge in [0.05, 0.1) is 18.6 Å². The SMILES string of the molecule is COc1ccc(CC(=O)NC(=S)NNC(=O)COc2ccc(Br)cc2Cl)cc1. The summed E-state index contributed by atoms with van der Waals surface area (Å²) in [6.07, 6.45) is 0.130. The van der Waals surface area contributed by atoms with Crippen LogP contribution >= 0.6 is 39.7 Å². The van der Waals surface area contributed by atoms with Crippen molar-refractivity contribution in [2.45, 2.75) is 6.42 Å². The van der Waals surface area contributed by atoms with Gasteiger partial charge in [-0.15, -0.1) is 0 Å². The minimum Gasteiger partial charge on any atom is -0.497 e. The number of methoxy groups -OCH3 is 1. The Labute approximate surface area is 180 Å². The molecule has 0 aliphatic carbocycles. The van der Waals surface area contributed by atoms with E-state index in [1.165, 1.54) is 0 Å². The normalized spacial score (nSPS) is 9.96. The highest BCUT2D eigenvalue weighted by Gasteiger charge is 2.09. The summed E-state index contributed by atoms with van der Waals surface area (Å²) < 4.78 is 11.2. The number of halogens is 2. The first-order chi connectivity index (χ1) is 13.4. The summed E-state index contributed by atoms with van der Waals surface area (Å²) >= 11 is 14.3. The van der Waals surface area contributed by atoms with E-state index >= 15 is 0 Å². The summed E-state index contributed by atoms with van der Waals surface area (Å²) in [6.45, 7) is -0.281. The van der Waals surface area contributed by atoms with Crippen LogP contribution in [-0.4, -0.2) is 30.6 Å². The number of benzene rings is 2. The summed E-state index contributed by atoms with van der Waals surface area (Å²) in [4.78, 5) is 23.8. The van der Waals surface area contributed by atoms with Crippen LogP contribution in [0.25, 0.3) is 0 Å². The fourth-order valence-corrected chi connectivity index (χ4v) is 2.92. The number of carbonyl (C=O) groups excluding carboxylic acids is 2. The average molecular weight is 487 g/mol. The minimum absolute atomic E-state index is 0.0338. The minimum atomic E-state index is -0.495. The quantitative estimate of drug-likeness (QED) is 0.430. The smallest absolute Gasteiger partial charge is 0.276 e. The third kappa shape index (κ3) is 7.34. The van der Waals surface area contributed by atoms with E-state index in [9.17, 15) is 9.59 Å². The van der Waals surface area contributed by atoms with Gasteiger partial charge in [0.15, 0.2) is 11.7 Å². The van der Waals surface area contributed by atoms with Gasteiger partial charge in [0.1, 0.15) is 11.5 Å². The maximum absolute atomic E-state index is 12.0. The molecule has 148 valence electrons. The van der Waals surface area contributed by atoms with Crippen molar-refractivity contribution in [1.82, 2.24) is 16.2 Å². The molecule has 2 aromatic rings. The Morgan fingerprint density at radius 2 is 1.82 bits per heavy atom. The zero-order valence-corrected chi connectivity index (χ0v) is 17.9. The molecule has 0 aliphatic heterocycles. The molecule has 0 saturated heterocycles. The third-order valence-electron chi connectivity index (χ3n) is 3.34. The van der Waals surface area contributed by atoms with Crippen LogP contribution in [-0.2, 0) is 16.0 Å². The van der Waals surface area contributed by atoms with Gasteiger partial charge >= 0.3 is 0 Å². The monoisotopic (exact) mass is 485 g/mol. The van der Waals surface area contributed by atoms with Crippen LogP contribution in [0, 0.1) is 0 Å². The van der Waals surface area contributed by atoms with E-state index in [2.05, 4.69) is 32.1 Å². The van der Waals surface area contributed by atoms with E-state index in [0.29, 0.717) is 16.5 Å². The van der Waals surface area contributed by atoms with E-state index in [1.807, 2.05) is 0 Å². The molecule has 0 heterocycles. The highest BCUT2D eigenvalue weighted by atomic mass is 79.9. The predicted octanol–water partition coefficient (Wildman–Crippen LogP) is 2.75.